The van der Waals surface area contributed by atoms with Crippen LogP contribution in [0.2, 0.25) is 0 Å². The molecule has 62 valence electrons. The molecule has 0 amide bonds. The van der Waals surface area contributed by atoms with Crippen molar-refractivity contribution in [2.45, 2.75) is 26.7 Å². The molecular weight excluding hydrogens is 140 g/mol. The number of carboxylic acids is 1. The summed E-state index contributed by atoms with van der Waals surface area (Å²) >= 11 is 0. The van der Waals surface area contributed by atoms with Crippen molar-refractivity contribution in [2.75, 3.05) is 0 Å². The number of rotatable bonds is 1. The van der Waals surface area contributed by atoms with Gasteiger partial charge in [0.1, 0.15) is 0 Å². The maximum Gasteiger partial charge on any atom is 0.310 e. The third kappa shape index (κ3) is 2.07. The van der Waals surface area contributed by atoms with Crippen molar-refractivity contribution < 1.29 is 9.90 Å². The predicted molar refractivity (Wildman–Crippen MR) is 43.3 cm³/mol. The van der Waals surface area contributed by atoms with Crippen molar-refractivity contribution in [2.24, 2.45) is 11.8 Å². The normalized spacial score (nSPS) is 31.3. The lowest BCUT2D eigenvalue weighted by Gasteiger charge is -2.21. The fourth-order valence-electron chi connectivity index (χ4n) is 1.72. The first-order valence-electron chi connectivity index (χ1n) is 3.99. The molecule has 2 heteroatoms. The van der Waals surface area contributed by atoms with E-state index in [-0.39, 0.29) is 5.92 Å². The summed E-state index contributed by atoms with van der Waals surface area (Å²) in [7, 11) is 0. The van der Waals surface area contributed by atoms with Crippen molar-refractivity contribution in [3.8, 4) is 0 Å². The summed E-state index contributed by atoms with van der Waals surface area (Å²) < 4.78 is 0. The number of hydrogen-bond acceptors (Lipinski definition) is 1. The van der Waals surface area contributed by atoms with E-state index in [1.165, 1.54) is 5.57 Å². The molecule has 0 aromatic rings. The Balaban J connectivity index is 2.69. The fraction of sp³-hybridized carbons (Fsp3) is 0.667. The molecule has 1 aliphatic rings. The average Bonchev–Trinajstić information content (AvgIpc) is 1.85. The van der Waals surface area contributed by atoms with Crippen LogP contribution in [0.4, 0.5) is 0 Å². The standard InChI is InChI=1S/C9H14O2/c1-6-3-7(2)5-8(4-6)9(10)11/h4,7-8H,3,5H2,1-2H3,(H,10,11). The predicted octanol–water partition coefficient (Wildman–Crippen LogP) is 2.06. The van der Waals surface area contributed by atoms with Crippen LogP contribution in [0.15, 0.2) is 11.6 Å². The molecule has 0 aliphatic heterocycles. The van der Waals surface area contributed by atoms with Gasteiger partial charge in [-0.05, 0) is 25.7 Å². The third-order valence-corrected chi connectivity index (χ3v) is 2.13. The molecule has 2 nitrogen and oxygen atoms in total. The van der Waals surface area contributed by atoms with E-state index < -0.39 is 5.97 Å². The molecule has 0 bridgehead atoms. The van der Waals surface area contributed by atoms with Gasteiger partial charge in [-0.25, -0.2) is 0 Å². The quantitative estimate of drug-likeness (QED) is 0.587. The van der Waals surface area contributed by atoms with Gasteiger partial charge in [0.05, 0.1) is 5.92 Å². The highest BCUT2D eigenvalue weighted by molar-refractivity contribution is 5.72. The minimum atomic E-state index is -0.684. The summed E-state index contributed by atoms with van der Waals surface area (Å²) in [5.41, 5.74) is 1.22. The van der Waals surface area contributed by atoms with Crippen LogP contribution >= 0.6 is 0 Å². The molecule has 1 rings (SSSR count). The van der Waals surface area contributed by atoms with Crippen molar-refractivity contribution in [3.63, 3.8) is 0 Å². The minimum absolute atomic E-state index is 0.237. The first-order chi connectivity index (χ1) is 5.09. The lowest BCUT2D eigenvalue weighted by atomic mass is 9.84. The Morgan fingerprint density at radius 1 is 1.73 bits per heavy atom. The Kier molecular flexibility index (Phi) is 2.32. The Bertz CT molecular complexity index is 194. The molecule has 0 aromatic heterocycles. The van der Waals surface area contributed by atoms with Gasteiger partial charge >= 0.3 is 5.97 Å². The summed E-state index contributed by atoms with van der Waals surface area (Å²) in [6.45, 7) is 4.11. The summed E-state index contributed by atoms with van der Waals surface area (Å²) in [6.07, 6.45) is 3.73. The van der Waals surface area contributed by atoms with E-state index in [1.807, 2.05) is 13.0 Å². The largest absolute Gasteiger partial charge is 0.481 e. The average molecular weight is 154 g/mol. The number of aliphatic carboxylic acids is 1. The zero-order valence-corrected chi connectivity index (χ0v) is 7.00. The van der Waals surface area contributed by atoms with E-state index >= 15 is 0 Å². The molecule has 11 heavy (non-hydrogen) atoms. The van der Waals surface area contributed by atoms with Crippen molar-refractivity contribution in [3.05, 3.63) is 11.6 Å². The lowest BCUT2D eigenvalue weighted by Crippen LogP contribution is -2.18. The van der Waals surface area contributed by atoms with Crippen LogP contribution in [-0.2, 0) is 4.79 Å². The Hall–Kier alpha value is -0.790. The Labute approximate surface area is 66.9 Å². The molecule has 2 atom stereocenters. The van der Waals surface area contributed by atoms with E-state index in [4.69, 9.17) is 5.11 Å². The van der Waals surface area contributed by atoms with E-state index in [0.29, 0.717) is 5.92 Å². The molecule has 0 radical (unpaired) electrons. The van der Waals surface area contributed by atoms with Gasteiger partial charge in [-0.2, -0.15) is 0 Å². The molecular formula is C9H14O2. The van der Waals surface area contributed by atoms with Gasteiger partial charge in [0.15, 0.2) is 0 Å². The Morgan fingerprint density at radius 2 is 2.36 bits per heavy atom. The van der Waals surface area contributed by atoms with Gasteiger partial charge in [0.2, 0.25) is 0 Å². The lowest BCUT2D eigenvalue weighted by molar-refractivity contribution is -0.140. The van der Waals surface area contributed by atoms with Crippen LogP contribution in [-0.4, -0.2) is 11.1 Å². The van der Waals surface area contributed by atoms with Gasteiger partial charge in [0, 0.05) is 0 Å². The number of hydrogen-bond donors (Lipinski definition) is 1. The maximum absolute atomic E-state index is 10.6. The van der Waals surface area contributed by atoms with Gasteiger partial charge in [-0.1, -0.05) is 18.6 Å². The van der Waals surface area contributed by atoms with Gasteiger partial charge in [-0.3, -0.25) is 4.79 Å². The van der Waals surface area contributed by atoms with Crippen molar-refractivity contribution in [1.29, 1.82) is 0 Å². The van der Waals surface area contributed by atoms with Gasteiger partial charge in [-0.15, -0.1) is 0 Å². The molecule has 0 heterocycles. The summed E-state index contributed by atoms with van der Waals surface area (Å²) in [4.78, 5) is 10.6. The topological polar surface area (TPSA) is 37.3 Å². The second kappa shape index (κ2) is 3.07. The zero-order chi connectivity index (χ0) is 8.43. The molecule has 1 aliphatic carbocycles. The maximum atomic E-state index is 10.6. The van der Waals surface area contributed by atoms with Crippen molar-refractivity contribution >= 4 is 5.97 Å². The van der Waals surface area contributed by atoms with Crippen LogP contribution in [0, 0.1) is 11.8 Å². The summed E-state index contributed by atoms with van der Waals surface area (Å²) in [6, 6.07) is 0. The summed E-state index contributed by atoms with van der Waals surface area (Å²) in [5, 5.41) is 8.73. The van der Waals surface area contributed by atoms with Crippen LogP contribution in [0.25, 0.3) is 0 Å². The van der Waals surface area contributed by atoms with Crippen LogP contribution < -0.4 is 0 Å². The molecule has 1 N–H and O–H groups in total. The molecule has 0 fully saturated rings. The Morgan fingerprint density at radius 3 is 2.82 bits per heavy atom. The molecule has 0 spiro atoms. The van der Waals surface area contributed by atoms with Crippen molar-refractivity contribution in [1.82, 2.24) is 0 Å². The molecule has 0 aromatic carbocycles. The minimum Gasteiger partial charge on any atom is -0.481 e. The van der Waals surface area contributed by atoms with E-state index in [0.717, 1.165) is 12.8 Å². The monoisotopic (exact) mass is 154 g/mol. The van der Waals surface area contributed by atoms with Crippen LogP contribution in [0.5, 0.6) is 0 Å². The SMILES string of the molecule is CC1=CC(C(=O)O)CC(C)C1. The highest BCUT2D eigenvalue weighted by atomic mass is 16.4. The van der Waals surface area contributed by atoms with E-state index in [9.17, 15) is 4.79 Å². The summed E-state index contributed by atoms with van der Waals surface area (Å²) in [5.74, 6) is -0.393. The highest BCUT2D eigenvalue weighted by Gasteiger charge is 2.22. The first kappa shape index (κ1) is 8.31. The smallest absolute Gasteiger partial charge is 0.310 e. The molecule has 2 unspecified atom stereocenters. The van der Waals surface area contributed by atoms with Gasteiger partial charge < -0.3 is 5.11 Å². The second-order valence-corrected chi connectivity index (χ2v) is 3.50. The van der Waals surface area contributed by atoms with Gasteiger partial charge in [0.25, 0.3) is 0 Å². The molecule has 0 saturated carbocycles. The first-order valence-corrected chi connectivity index (χ1v) is 3.99. The van der Waals surface area contributed by atoms with Crippen LogP contribution in [0.3, 0.4) is 0 Å². The highest BCUT2D eigenvalue weighted by Crippen LogP contribution is 2.27. The molecule has 0 saturated heterocycles. The third-order valence-electron chi connectivity index (χ3n) is 2.13. The number of carbonyl (C=O) groups is 1. The number of allylic oxidation sites excluding steroid dienone is 1. The second-order valence-electron chi connectivity index (χ2n) is 3.50. The number of carboxylic acid groups (broad SMARTS) is 1. The zero-order valence-electron chi connectivity index (χ0n) is 7.00. The van der Waals surface area contributed by atoms with E-state index in [2.05, 4.69) is 6.92 Å². The van der Waals surface area contributed by atoms with Crippen LogP contribution in [0.1, 0.15) is 26.7 Å². The van der Waals surface area contributed by atoms with E-state index in [1.54, 1.807) is 0 Å². The fourth-order valence-corrected chi connectivity index (χ4v) is 1.72.